The molecule has 7 nitrogen and oxygen atoms in total. The van der Waals surface area contributed by atoms with Gasteiger partial charge in [-0.05, 0) is 44.5 Å². The van der Waals surface area contributed by atoms with Crippen LogP contribution in [0.15, 0.2) is 51.2 Å². The number of aromatic hydroxyl groups is 3. The van der Waals surface area contributed by atoms with E-state index in [9.17, 15) is 24.9 Å². The third kappa shape index (κ3) is 4.00. The van der Waals surface area contributed by atoms with Crippen LogP contribution < -0.4 is 10.7 Å². The minimum atomic E-state index is -0.800. The maximum Gasteiger partial charge on any atom is 0.238 e. The lowest BCUT2D eigenvalue weighted by molar-refractivity contribution is -0.115. The highest BCUT2D eigenvalue weighted by molar-refractivity contribution is 5.92. The molecule has 0 atom stereocenters. The summed E-state index contributed by atoms with van der Waals surface area (Å²) in [7, 11) is 0. The molecular weight excluding hydrogens is 386 g/mol. The number of hydrogen-bond donors (Lipinski definition) is 4. The van der Waals surface area contributed by atoms with E-state index in [-0.39, 0.29) is 34.8 Å². The second kappa shape index (κ2) is 8.32. The van der Waals surface area contributed by atoms with E-state index in [4.69, 9.17) is 4.42 Å². The minimum Gasteiger partial charge on any atom is -0.507 e. The maximum atomic E-state index is 12.8. The van der Waals surface area contributed by atoms with Crippen LogP contribution in [0.25, 0.3) is 22.3 Å². The van der Waals surface area contributed by atoms with Gasteiger partial charge in [-0.2, -0.15) is 0 Å². The van der Waals surface area contributed by atoms with E-state index in [1.807, 2.05) is 19.9 Å². The molecule has 3 aromatic rings. The van der Waals surface area contributed by atoms with E-state index in [1.165, 1.54) is 0 Å². The lowest BCUT2D eigenvalue weighted by atomic mass is 10.0. The molecule has 1 aromatic heterocycles. The molecule has 1 heterocycles. The Morgan fingerprint density at radius 3 is 2.37 bits per heavy atom. The molecule has 0 saturated carbocycles. The molecule has 0 fully saturated rings. The summed E-state index contributed by atoms with van der Waals surface area (Å²) in [5.41, 5.74) is 1.50. The number of fused-ring (bicyclic) bond motifs is 1. The molecule has 1 amide bonds. The minimum absolute atomic E-state index is 0.00571. The summed E-state index contributed by atoms with van der Waals surface area (Å²) in [4.78, 5) is 24.3. The molecule has 0 aliphatic rings. The number of carbonyl (C=O) groups is 1. The molecule has 3 rings (SSSR count). The van der Waals surface area contributed by atoms with Crippen molar-refractivity contribution in [2.75, 3.05) is 5.32 Å². The number of allylic oxidation sites excluding steroid dienone is 2. The summed E-state index contributed by atoms with van der Waals surface area (Å²) < 4.78 is 5.84. The van der Waals surface area contributed by atoms with E-state index < -0.39 is 16.9 Å². The van der Waals surface area contributed by atoms with Crippen molar-refractivity contribution in [3.05, 3.63) is 57.8 Å². The van der Waals surface area contributed by atoms with Gasteiger partial charge >= 0.3 is 0 Å². The quantitative estimate of drug-likeness (QED) is 0.463. The van der Waals surface area contributed by atoms with Crippen LogP contribution >= 0.6 is 0 Å². The third-order valence-corrected chi connectivity index (χ3v) is 4.67. The van der Waals surface area contributed by atoms with E-state index in [0.717, 1.165) is 11.6 Å². The zero-order chi connectivity index (χ0) is 22.0. The van der Waals surface area contributed by atoms with Gasteiger partial charge in [0.25, 0.3) is 0 Å². The molecule has 0 saturated heterocycles. The van der Waals surface area contributed by atoms with Crippen LogP contribution in [0, 0.1) is 0 Å². The Hall–Kier alpha value is -3.74. The number of phenols is 2. The second-order valence-corrected chi connectivity index (χ2v) is 7.17. The predicted molar refractivity (Wildman–Crippen MR) is 115 cm³/mol. The van der Waals surface area contributed by atoms with Crippen LogP contribution in [0.2, 0.25) is 0 Å². The van der Waals surface area contributed by atoms with E-state index in [2.05, 4.69) is 5.32 Å². The van der Waals surface area contributed by atoms with Gasteiger partial charge in [0, 0.05) is 29.3 Å². The van der Waals surface area contributed by atoms with Gasteiger partial charge in [0.1, 0.15) is 22.5 Å². The monoisotopic (exact) mass is 409 g/mol. The zero-order valence-corrected chi connectivity index (χ0v) is 16.9. The average Bonchev–Trinajstić information content (AvgIpc) is 2.70. The molecule has 0 bridgehead atoms. The normalized spacial score (nSPS) is 10.8. The predicted octanol–water partition coefficient (Wildman–Crippen LogP) is 4.43. The Bertz CT molecular complexity index is 1200. The van der Waals surface area contributed by atoms with Gasteiger partial charge in [-0.25, -0.2) is 0 Å². The molecule has 4 N–H and O–H groups in total. The molecule has 0 aliphatic heterocycles. The molecule has 156 valence electrons. The Balaban J connectivity index is 2.20. The first-order valence-electron chi connectivity index (χ1n) is 9.50. The number of phenolic OH excluding ortho intramolecular Hbond substituents is 2. The largest absolute Gasteiger partial charge is 0.507 e. The molecule has 7 heteroatoms. The topological polar surface area (TPSA) is 120 Å². The lowest BCUT2D eigenvalue weighted by Gasteiger charge is -2.12. The Morgan fingerprint density at radius 1 is 1.10 bits per heavy atom. The average molecular weight is 409 g/mol. The summed E-state index contributed by atoms with van der Waals surface area (Å²) >= 11 is 0. The van der Waals surface area contributed by atoms with Crippen molar-refractivity contribution in [1.82, 2.24) is 0 Å². The number of nitrogens with one attached hydrogen (secondary N) is 1. The maximum absolute atomic E-state index is 12.8. The lowest BCUT2D eigenvalue weighted by Crippen LogP contribution is -2.09. The number of amides is 1. The number of carbonyl (C=O) groups excluding carboxylic acids is 1. The number of rotatable bonds is 5. The van der Waals surface area contributed by atoms with Gasteiger partial charge in [0.05, 0.1) is 0 Å². The first-order valence-corrected chi connectivity index (χ1v) is 9.50. The van der Waals surface area contributed by atoms with Gasteiger partial charge in [-0.15, -0.1) is 0 Å². The van der Waals surface area contributed by atoms with Gasteiger partial charge in [0.15, 0.2) is 5.76 Å². The van der Waals surface area contributed by atoms with E-state index in [0.29, 0.717) is 23.2 Å². The smallest absolute Gasteiger partial charge is 0.238 e. The number of benzene rings is 2. The highest BCUT2D eigenvalue weighted by atomic mass is 16.4. The van der Waals surface area contributed by atoms with Crippen molar-refractivity contribution in [3.8, 4) is 28.6 Å². The molecule has 0 unspecified atom stereocenters. The van der Waals surface area contributed by atoms with Crippen LogP contribution in [-0.2, 0) is 11.2 Å². The summed E-state index contributed by atoms with van der Waals surface area (Å²) in [5.74, 6) is -1.57. The highest BCUT2D eigenvalue weighted by Gasteiger charge is 2.22. The standard InChI is InChI=1S/C23H23NO6/c1-4-18(27)24-14-8-6-13(7-9-14)22-21(29)20(28)19-17(26)11-16(25)15(23(19)30-22)10-5-12(2)3/h5-9,11,25-26,29H,4,10H2,1-3H3,(H,24,27). The number of anilines is 1. The van der Waals surface area contributed by atoms with Gasteiger partial charge in [-0.3, -0.25) is 9.59 Å². The fraction of sp³-hybridized carbons (Fsp3) is 0.217. The highest BCUT2D eigenvalue weighted by Crippen LogP contribution is 2.38. The summed E-state index contributed by atoms with van der Waals surface area (Å²) in [6, 6.07) is 7.49. The second-order valence-electron chi connectivity index (χ2n) is 7.17. The van der Waals surface area contributed by atoms with Crippen molar-refractivity contribution in [3.63, 3.8) is 0 Å². The first kappa shape index (κ1) is 21.0. The van der Waals surface area contributed by atoms with E-state index >= 15 is 0 Å². The van der Waals surface area contributed by atoms with Crippen LogP contribution in [0.3, 0.4) is 0 Å². The summed E-state index contributed by atoms with van der Waals surface area (Å²) in [5, 5.41) is 33.4. The Kier molecular flexibility index (Phi) is 5.82. The number of hydrogen-bond acceptors (Lipinski definition) is 6. The van der Waals surface area contributed by atoms with Crippen LogP contribution in [0.4, 0.5) is 5.69 Å². The van der Waals surface area contributed by atoms with Crippen LogP contribution in [-0.4, -0.2) is 21.2 Å². The van der Waals surface area contributed by atoms with Gasteiger partial charge in [0.2, 0.25) is 17.1 Å². The molecule has 2 aromatic carbocycles. The van der Waals surface area contributed by atoms with E-state index in [1.54, 1.807) is 31.2 Å². The van der Waals surface area contributed by atoms with Gasteiger partial charge < -0.3 is 25.1 Å². The third-order valence-electron chi connectivity index (χ3n) is 4.67. The molecular formula is C23H23NO6. The summed E-state index contributed by atoms with van der Waals surface area (Å²) in [6.07, 6.45) is 2.47. The Labute approximate surface area is 172 Å². The first-order chi connectivity index (χ1) is 14.2. The van der Waals surface area contributed by atoms with Crippen molar-refractivity contribution >= 4 is 22.6 Å². The van der Waals surface area contributed by atoms with Crippen molar-refractivity contribution < 1.29 is 24.5 Å². The molecule has 0 spiro atoms. The van der Waals surface area contributed by atoms with Crippen molar-refractivity contribution in [2.24, 2.45) is 0 Å². The fourth-order valence-electron chi connectivity index (χ4n) is 3.03. The SMILES string of the molecule is CCC(=O)Nc1ccc(-c2oc3c(CC=C(C)C)c(O)cc(O)c3c(=O)c2O)cc1. The molecule has 0 aliphatic carbocycles. The molecule has 0 radical (unpaired) electrons. The van der Waals surface area contributed by atoms with Gasteiger partial charge in [-0.1, -0.05) is 18.6 Å². The van der Waals surface area contributed by atoms with Crippen molar-refractivity contribution in [2.45, 2.75) is 33.6 Å². The summed E-state index contributed by atoms with van der Waals surface area (Å²) in [6.45, 7) is 5.53. The fourth-order valence-corrected chi connectivity index (χ4v) is 3.03. The van der Waals surface area contributed by atoms with Crippen LogP contribution in [0.5, 0.6) is 17.2 Å². The van der Waals surface area contributed by atoms with Crippen molar-refractivity contribution in [1.29, 1.82) is 0 Å². The van der Waals surface area contributed by atoms with Crippen LogP contribution in [0.1, 0.15) is 32.8 Å². The Morgan fingerprint density at radius 2 is 1.77 bits per heavy atom. The molecule has 30 heavy (non-hydrogen) atoms. The zero-order valence-electron chi connectivity index (χ0n) is 16.9.